The first-order valence-electron chi connectivity index (χ1n) is 5.03. The zero-order valence-corrected chi connectivity index (χ0v) is 13.6. The molecule has 94 valence electrons. The van der Waals surface area contributed by atoms with Gasteiger partial charge in [0.25, 0.3) is 0 Å². The minimum atomic E-state index is -0.294. The molecule has 0 saturated heterocycles. The van der Waals surface area contributed by atoms with Crippen molar-refractivity contribution in [3.05, 3.63) is 67.9 Å². The van der Waals surface area contributed by atoms with Crippen molar-refractivity contribution < 1.29 is 4.39 Å². The maximum Gasteiger partial charge on any atom is 0.137 e. The molecular weight excluding hydrogens is 406 g/mol. The molecule has 0 aliphatic rings. The van der Waals surface area contributed by atoms with Crippen LogP contribution in [0.15, 0.2) is 40.9 Å². The Morgan fingerprint density at radius 2 is 1.56 bits per heavy atom. The third-order valence-corrected chi connectivity index (χ3v) is 4.91. The van der Waals surface area contributed by atoms with E-state index in [-0.39, 0.29) is 10.6 Å². The van der Waals surface area contributed by atoms with Crippen LogP contribution >= 0.6 is 55.1 Å². The molecule has 18 heavy (non-hydrogen) atoms. The van der Waals surface area contributed by atoms with Crippen molar-refractivity contribution in [1.29, 1.82) is 0 Å². The van der Waals surface area contributed by atoms with Gasteiger partial charge in [0.1, 0.15) is 5.82 Å². The molecule has 2 aromatic carbocycles. The van der Waals surface area contributed by atoms with Crippen molar-refractivity contribution in [1.82, 2.24) is 0 Å². The minimum Gasteiger partial charge on any atom is -0.206 e. The maximum atomic E-state index is 13.5. The van der Waals surface area contributed by atoms with Gasteiger partial charge in [-0.25, -0.2) is 4.39 Å². The lowest BCUT2D eigenvalue weighted by atomic mass is 10.0. The Kier molecular flexibility index (Phi) is 4.70. The molecule has 5 heteroatoms. The predicted octanol–water partition coefficient (Wildman–Crippen LogP) is 6.38. The molecule has 1 unspecified atom stereocenters. The van der Waals surface area contributed by atoms with E-state index >= 15 is 0 Å². The van der Waals surface area contributed by atoms with E-state index in [1.54, 1.807) is 18.2 Å². The highest BCUT2D eigenvalue weighted by Gasteiger charge is 2.13. The molecule has 2 aromatic rings. The highest BCUT2D eigenvalue weighted by atomic mass is 79.9. The SMILES string of the molecule is Fc1cc(C(Br)c2ccc(Cl)c(Cl)c2)ccc1Br. The van der Waals surface area contributed by atoms with Crippen molar-refractivity contribution in [2.24, 2.45) is 0 Å². The second kappa shape index (κ2) is 5.91. The maximum absolute atomic E-state index is 13.5. The predicted molar refractivity (Wildman–Crippen MR) is 81.3 cm³/mol. The summed E-state index contributed by atoms with van der Waals surface area (Å²) >= 11 is 18.5. The number of halogens is 5. The molecule has 0 saturated carbocycles. The highest BCUT2D eigenvalue weighted by molar-refractivity contribution is 9.10. The van der Waals surface area contributed by atoms with Crippen LogP contribution in [-0.4, -0.2) is 0 Å². The van der Waals surface area contributed by atoms with E-state index in [1.165, 1.54) is 6.07 Å². The standard InChI is InChI=1S/C13H7Br2Cl2F/c14-9-3-1-8(6-12(9)18)13(15)7-2-4-10(16)11(17)5-7/h1-6,13H. The number of rotatable bonds is 2. The Morgan fingerprint density at radius 3 is 2.17 bits per heavy atom. The van der Waals surface area contributed by atoms with Crippen molar-refractivity contribution in [3.8, 4) is 0 Å². The Labute approximate surface area is 131 Å². The summed E-state index contributed by atoms with van der Waals surface area (Å²) in [6.07, 6.45) is 0. The average Bonchev–Trinajstić information content (AvgIpc) is 2.35. The molecule has 1 atom stereocenters. The molecule has 0 aromatic heterocycles. The molecule has 0 bridgehead atoms. The van der Waals surface area contributed by atoms with Gasteiger partial charge in [-0.15, -0.1) is 0 Å². The highest BCUT2D eigenvalue weighted by Crippen LogP contribution is 2.35. The lowest BCUT2D eigenvalue weighted by molar-refractivity contribution is 0.619. The summed E-state index contributed by atoms with van der Waals surface area (Å²) in [6.45, 7) is 0. The van der Waals surface area contributed by atoms with Crippen LogP contribution < -0.4 is 0 Å². The van der Waals surface area contributed by atoms with Crippen LogP contribution in [0.25, 0.3) is 0 Å². The van der Waals surface area contributed by atoms with E-state index in [0.717, 1.165) is 11.1 Å². The molecule has 2 rings (SSSR count). The third kappa shape index (κ3) is 3.08. The topological polar surface area (TPSA) is 0 Å². The van der Waals surface area contributed by atoms with Gasteiger partial charge in [0, 0.05) is 0 Å². The first-order valence-corrected chi connectivity index (χ1v) is 7.49. The summed E-state index contributed by atoms with van der Waals surface area (Å²) in [5.74, 6) is -0.294. The summed E-state index contributed by atoms with van der Waals surface area (Å²) in [7, 11) is 0. The second-order valence-electron chi connectivity index (χ2n) is 3.71. The van der Waals surface area contributed by atoms with Crippen molar-refractivity contribution in [2.45, 2.75) is 4.83 Å². The van der Waals surface area contributed by atoms with Gasteiger partial charge < -0.3 is 0 Å². The Balaban J connectivity index is 2.37. The fraction of sp³-hybridized carbons (Fsp3) is 0.0769. The molecule has 0 spiro atoms. The first-order chi connectivity index (χ1) is 8.49. The minimum absolute atomic E-state index is 0.130. The summed E-state index contributed by atoms with van der Waals surface area (Å²) in [6, 6.07) is 10.3. The molecule has 0 N–H and O–H groups in total. The van der Waals surface area contributed by atoms with E-state index in [4.69, 9.17) is 23.2 Å². The smallest absolute Gasteiger partial charge is 0.137 e. The molecule has 0 amide bonds. The van der Waals surface area contributed by atoms with Crippen LogP contribution in [0.5, 0.6) is 0 Å². The molecule has 0 aliphatic carbocycles. The van der Waals surface area contributed by atoms with E-state index in [2.05, 4.69) is 31.9 Å². The van der Waals surface area contributed by atoms with E-state index < -0.39 is 0 Å². The van der Waals surface area contributed by atoms with E-state index in [1.807, 2.05) is 12.1 Å². The van der Waals surface area contributed by atoms with Gasteiger partial charge in [-0.2, -0.15) is 0 Å². The van der Waals surface area contributed by atoms with Crippen LogP contribution in [-0.2, 0) is 0 Å². The molecule has 0 heterocycles. The van der Waals surface area contributed by atoms with Crippen LogP contribution in [0.2, 0.25) is 10.0 Å². The quantitative estimate of drug-likeness (QED) is 0.502. The first kappa shape index (κ1) is 14.3. The second-order valence-corrected chi connectivity index (χ2v) is 6.29. The molecule has 0 aliphatic heterocycles. The van der Waals surface area contributed by atoms with Gasteiger partial charge >= 0.3 is 0 Å². The van der Waals surface area contributed by atoms with E-state index in [0.29, 0.717) is 14.5 Å². The van der Waals surface area contributed by atoms with Gasteiger partial charge in [0.2, 0.25) is 0 Å². The van der Waals surface area contributed by atoms with Gasteiger partial charge in [-0.3, -0.25) is 0 Å². The van der Waals surface area contributed by atoms with Gasteiger partial charge in [0.05, 0.1) is 19.3 Å². The van der Waals surface area contributed by atoms with Crippen molar-refractivity contribution in [2.75, 3.05) is 0 Å². The normalized spacial score (nSPS) is 12.5. The van der Waals surface area contributed by atoms with Gasteiger partial charge in [-0.1, -0.05) is 51.3 Å². The zero-order chi connectivity index (χ0) is 13.3. The molecule has 0 fully saturated rings. The molecule has 0 nitrogen and oxygen atoms in total. The zero-order valence-electron chi connectivity index (χ0n) is 8.93. The van der Waals surface area contributed by atoms with Crippen molar-refractivity contribution in [3.63, 3.8) is 0 Å². The third-order valence-electron chi connectivity index (χ3n) is 2.47. The monoisotopic (exact) mass is 410 g/mol. The van der Waals surface area contributed by atoms with Crippen LogP contribution in [0.4, 0.5) is 4.39 Å². The number of alkyl halides is 1. The Hall–Kier alpha value is -0.0900. The summed E-state index contributed by atoms with van der Waals surface area (Å²) in [4.78, 5) is -0.130. The Morgan fingerprint density at radius 1 is 0.944 bits per heavy atom. The van der Waals surface area contributed by atoms with Crippen LogP contribution in [0, 0.1) is 5.82 Å². The van der Waals surface area contributed by atoms with Crippen LogP contribution in [0.3, 0.4) is 0 Å². The summed E-state index contributed by atoms with van der Waals surface area (Å²) in [5, 5.41) is 0.985. The molecular formula is C13H7Br2Cl2F. The van der Waals surface area contributed by atoms with Crippen molar-refractivity contribution >= 4 is 55.1 Å². The van der Waals surface area contributed by atoms with Gasteiger partial charge in [0.15, 0.2) is 0 Å². The summed E-state index contributed by atoms with van der Waals surface area (Å²) < 4.78 is 13.9. The number of benzene rings is 2. The lowest BCUT2D eigenvalue weighted by Gasteiger charge is -2.12. The lowest BCUT2D eigenvalue weighted by Crippen LogP contribution is -1.94. The summed E-state index contributed by atoms with van der Waals surface area (Å²) in [5.41, 5.74) is 1.74. The molecule has 0 radical (unpaired) electrons. The number of hydrogen-bond donors (Lipinski definition) is 0. The van der Waals surface area contributed by atoms with E-state index in [9.17, 15) is 4.39 Å². The van der Waals surface area contributed by atoms with Gasteiger partial charge in [-0.05, 0) is 51.3 Å². The number of hydrogen-bond acceptors (Lipinski definition) is 0. The van der Waals surface area contributed by atoms with Crippen LogP contribution in [0.1, 0.15) is 16.0 Å². The average molecular weight is 413 g/mol. The Bertz CT molecular complexity index is 536. The fourth-order valence-electron chi connectivity index (χ4n) is 1.53. The largest absolute Gasteiger partial charge is 0.206 e. The fourth-order valence-corrected chi connectivity index (χ4v) is 2.66.